The second-order valence-electron chi connectivity index (χ2n) is 8.22. The molecule has 0 aromatic heterocycles. The van der Waals surface area contributed by atoms with Gasteiger partial charge in [-0.1, -0.05) is 43.2 Å². The second kappa shape index (κ2) is 6.57. The molecule has 2 nitrogen and oxygen atoms in total. The Morgan fingerprint density at radius 3 is 2.43 bits per heavy atom. The maximum absolute atomic E-state index is 11.8. The van der Waals surface area contributed by atoms with E-state index in [1.165, 1.54) is 58.0 Å². The molecule has 0 spiro atoms. The molecule has 0 radical (unpaired) electrons. The molecule has 23 heavy (non-hydrogen) atoms. The van der Waals surface area contributed by atoms with Crippen molar-refractivity contribution in [2.45, 2.75) is 57.0 Å². The van der Waals surface area contributed by atoms with Gasteiger partial charge in [0.25, 0.3) is 0 Å². The second-order valence-corrected chi connectivity index (χ2v) is 8.22. The van der Waals surface area contributed by atoms with Crippen molar-refractivity contribution in [3.63, 3.8) is 0 Å². The number of benzene rings is 1. The van der Waals surface area contributed by atoms with Crippen molar-refractivity contribution in [1.82, 2.24) is 4.90 Å². The minimum atomic E-state index is -0.613. The lowest BCUT2D eigenvalue weighted by molar-refractivity contribution is -0.0600. The third-order valence-electron chi connectivity index (χ3n) is 6.88. The Hall–Kier alpha value is -0.860. The molecule has 1 aromatic rings. The van der Waals surface area contributed by atoms with Gasteiger partial charge in [-0.15, -0.1) is 0 Å². The highest BCUT2D eigenvalue weighted by molar-refractivity contribution is 5.25. The van der Waals surface area contributed by atoms with Crippen LogP contribution in [0.2, 0.25) is 0 Å². The molecule has 2 saturated carbocycles. The molecule has 1 N–H and O–H groups in total. The topological polar surface area (TPSA) is 23.5 Å². The zero-order chi connectivity index (χ0) is 15.7. The Bertz CT molecular complexity index is 510. The van der Waals surface area contributed by atoms with Gasteiger partial charge >= 0.3 is 0 Å². The SMILES string of the molecule is OC(CCN1CCCCC1)(c1ccccc1)[C@@H]1CC2CCC1C2. The molecule has 2 bridgehead atoms. The number of rotatable bonds is 5. The van der Waals surface area contributed by atoms with Gasteiger partial charge in [-0.2, -0.15) is 0 Å². The highest BCUT2D eigenvalue weighted by atomic mass is 16.3. The Morgan fingerprint density at radius 1 is 1.00 bits per heavy atom. The molecule has 1 saturated heterocycles. The molecule has 126 valence electrons. The van der Waals surface area contributed by atoms with E-state index in [1.807, 2.05) is 0 Å². The lowest BCUT2D eigenvalue weighted by Crippen LogP contribution is -2.42. The molecule has 0 amide bonds. The molecule has 3 aliphatic rings. The minimum absolute atomic E-state index is 0.480. The zero-order valence-corrected chi connectivity index (χ0v) is 14.3. The molecule has 1 aliphatic heterocycles. The highest BCUT2D eigenvalue weighted by Crippen LogP contribution is 2.55. The molecule has 1 heterocycles. The Kier molecular flexibility index (Phi) is 4.47. The average Bonchev–Trinajstić information content (AvgIpc) is 3.25. The monoisotopic (exact) mass is 313 g/mol. The van der Waals surface area contributed by atoms with E-state index in [0.29, 0.717) is 5.92 Å². The third kappa shape index (κ3) is 3.08. The van der Waals surface area contributed by atoms with Crippen LogP contribution in [0.1, 0.15) is 56.9 Å². The Balaban J connectivity index is 1.53. The van der Waals surface area contributed by atoms with Crippen LogP contribution in [0.3, 0.4) is 0 Å². The van der Waals surface area contributed by atoms with E-state index in [4.69, 9.17) is 0 Å². The van der Waals surface area contributed by atoms with Gasteiger partial charge in [-0.3, -0.25) is 0 Å². The lowest BCUT2D eigenvalue weighted by atomic mass is 9.71. The van der Waals surface area contributed by atoms with Gasteiger partial charge in [-0.05, 0) is 74.9 Å². The van der Waals surface area contributed by atoms with Gasteiger partial charge in [-0.25, -0.2) is 0 Å². The lowest BCUT2D eigenvalue weighted by Gasteiger charge is -2.41. The van der Waals surface area contributed by atoms with Crippen molar-refractivity contribution < 1.29 is 5.11 Å². The fraction of sp³-hybridized carbons (Fsp3) is 0.714. The van der Waals surface area contributed by atoms with Crippen molar-refractivity contribution in [2.24, 2.45) is 17.8 Å². The first-order valence-corrected chi connectivity index (χ1v) is 9.76. The van der Waals surface area contributed by atoms with E-state index in [1.54, 1.807) is 0 Å². The van der Waals surface area contributed by atoms with E-state index in [9.17, 15) is 5.11 Å². The molecule has 2 aliphatic carbocycles. The summed E-state index contributed by atoms with van der Waals surface area (Å²) in [4.78, 5) is 2.57. The van der Waals surface area contributed by atoms with Crippen molar-refractivity contribution >= 4 is 0 Å². The van der Waals surface area contributed by atoms with Gasteiger partial charge in [0.1, 0.15) is 0 Å². The van der Waals surface area contributed by atoms with Crippen LogP contribution in [-0.2, 0) is 5.60 Å². The van der Waals surface area contributed by atoms with Crippen LogP contribution >= 0.6 is 0 Å². The van der Waals surface area contributed by atoms with Crippen molar-refractivity contribution in [3.05, 3.63) is 35.9 Å². The summed E-state index contributed by atoms with van der Waals surface area (Å²) in [6.07, 6.45) is 10.3. The molecule has 4 atom stereocenters. The largest absolute Gasteiger partial charge is 0.385 e. The Labute approximate surface area is 140 Å². The van der Waals surface area contributed by atoms with Crippen LogP contribution in [0, 0.1) is 17.8 Å². The van der Waals surface area contributed by atoms with E-state index >= 15 is 0 Å². The molecule has 3 fully saturated rings. The number of piperidine rings is 1. The summed E-state index contributed by atoms with van der Waals surface area (Å²) in [6.45, 7) is 3.50. The first-order valence-electron chi connectivity index (χ1n) is 9.76. The number of hydrogen-bond acceptors (Lipinski definition) is 2. The number of likely N-dealkylation sites (tertiary alicyclic amines) is 1. The highest BCUT2D eigenvalue weighted by Gasteiger charge is 2.50. The van der Waals surface area contributed by atoms with Crippen molar-refractivity contribution in [1.29, 1.82) is 0 Å². The first kappa shape index (κ1) is 15.7. The third-order valence-corrected chi connectivity index (χ3v) is 6.88. The molecule has 3 unspecified atom stereocenters. The quantitative estimate of drug-likeness (QED) is 0.881. The summed E-state index contributed by atoms with van der Waals surface area (Å²) in [5.74, 6) is 2.12. The zero-order valence-electron chi connectivity index (χ0n) is 14.3. The van der Waals surface area contributed by atoms with Crippen LogP contribution in [0.4, 0.5) is 0 Å². The predicted molar refractivity (Wildman–Crippen MR) is 94.2 cm³/mol. The number of hydrogen-bond donors (Lipinski definition) is 1. The normalized spacial score (nSPS) is 33.7. The van der Waals surface area contributed by atoms with Gasteiger partial charge in [0.2, 0.25) is 0 Å². The van der Waals surface area contributed by atoms with Crippen LogP contribution in [0.5, 0.6) is 0 Å². The molecule has 4 rings (SSSR count). The molecular weight excluding hydrogens is 282 g/mol. The minimum Gasteiger partial charge on any atom is -0.385 e. The predicted octanol–water partition coefficient (Wildman–Crippen LogP) is 4.19. The Morgan fingerprint density at radius 2 is 1.78 bits per heavy atom. The van der Waals surface area contributed by atoms with E-state index in [-0.39, 0.29) is 0 Å². The molecular formula is C21H31NO. The fourth-order valence-corrected chi connectivity index (χ4v) is 5.61. The van der Waals surface area contributed by atoms with Gasteiger partial charge in [0.05, 0.1) is 5.60 Å². The van der Waals surface area contributed by atoms with Gasteiger partial charge < -0.3 is 10.0 Å². The van der Waals surface area contributed by atoms with E-state index < -0.39 is 5.60 Å². The standard InChI is InChI=1S/C21H31NO/c23-21(19-7-3-1-4-8-19,11-14-22-12-5-2-6-13-22)20-16-17-9-10-18(20)15-17/h1,3-4,7-8,17-18,20,23H,2,5-6,9-16H2/t17?,18?,20-,21?/m1/s1. The first-order chi connectivity index (χ1) is 11.3. The average molecular weight is 313 g/mol. The van der Waals surface area contributed by atoms with Crippen molar-refractivity contribution in [2.75, 3.05) is 19.6 Å². The van der Waals surface area contributed by atoms with Gasteiger partial charge in [0.15, 0.2) is 0 Å². The van der Waals surface area contributed by atoms with Crippen LogP contribution < -0.4 is 0 Å². The fourth-order valence-electron chi connectivity index (χ4n) is 5.61. The maximum Gasteiger partial charge on any atom is 0.0939 e. The summed E-state index contributed by atoms with van der Waals surface area (Å²) in [6, 6.07) is 10.6. The summed E-state index contributed by atoms with van der Waals surface area (Å²) >= 11 is 0. The van der Waals surface area contributed by atoms with Crippen LogP contribution in [-0.4, -0.2) is 29.6 Å². The molecule has 2 heteroatoms. The number of nitrogens with zero attached hydrogens (tertiary/aromatic N) is 1. The summed E-state index contributed by atoms with van der Waals surface area (Å²) in [5.41, 5.74) is 0.549. The van der Waals surface area contributed by atoms with E-state index in [2.05, 4.69) is 35.2 Å². The molecule has 1 aromatic carbocycles. The van der Waals surface area contributed by atoms with Gasteiger partial charge in [0, 0.05) is 6.54 Å². The van der Waals surface area contributed by atoms with Crippen LogP contribution in [0.15, 0.2) is 30.3 Å². The maximum atomic E-state index is 11.8. The van der Waals surface area contributed by atoms with Crippen LogP contribution in [0.25, 0.3) is 0 Å². The summed E-state index contributed by atoms with van der Waals surface area (Å²) < 4.78 is 0. The summed E-state index contributed by atoms with van der Waals surface area (Å²) in [7, 11) is 0. The van der Waals surface area contributed by atoms with Crippen molar-refractivity contribution in [3.8, 4) is 0 Å². The number of fused-ring (bicyclic) bond motifs is 2. The number of aliphatic hydroxyl groups is 1. The van der Waals surface area contributed by atoms with E-state index in [0.717, 1.165) is 30.4 Å². The smallest absolute Gasteiger partial charge is 0.0939 e. The summed E-state index contributed by atoms with van der Waals surface area (Å²) in [5, 5.41) is 11.8.